The average Bonchev–Trinajstić information content (AvgIpc) is 2.13. The Kier molecular flexibility index (Phi) is 1.88. The summed E-state index contributed by atoms with van der Waals surface area (Å²) in [6, 6.07) is 2.15. The summed E-state index contributed by atoms with van der Waals surface area (Å²) in [4.78, 5) is 2.67. The predicted octanol–water partition coefficient (Wildman–Crippen LogP) is 1.82. The van der Waals surface area contributed by atoms with Gasteiger partial charge in [0.2, 0.25) is 0 Å². The third-order valence-corrected chi connectivity index (χ3v) is 2.59. The van der Waals surface area contributed by atoms with E-state index in [-0.39, 0.29) is 0 Å². The Balaban J connectivity index is 2.98. The smallest absolute Gasteiger partial charge is 0.0273 e. The molecule has 2 N–H and O–H groups in total. The molecule has 1 aromatic rings. The highest BCUT2D eigenvalue weighted by Crippen LogP contribution is 2.19. The molecule has 1 rings (SSSR count). The van der Waals surface area contributed by atoms with Gasteiger partial charge in [-0.3, -0.25) is 0 Å². The third kappa shape index (κ3) is 1.32. The van der Waals surface area contributed by atoms with Crippen LogP contribution in [0.2, 0.25) is 0 Å². The Bertz CT molecular complexity index is 183. The molecule has 0 aliphatic carbocycles. The largest absolute Gasteiger partial charge is 0.326 e. The van der Waals surface area contributed by atoms with E-state index in [2.05, 4.69) is 19.9 Å². The lowest BCUT2D eigenvalue weighted by Gasteiger charge is -1.81. The Morgan fingerprint density at radius 1 is 1.56 bits per heavy atom. The van der Waals surface area contributed by atoms with Crippen molar-refractivity contribution in [3.8, 4) is 0 Å². The van der Waals surface area contributed by atoms with Crippen molar-refractivity contribution in [3.05, 3.63) is 21.4 Å². The van der Waals surface area contributed by atoms with Crippen molar-refractivity contribution in [2.75, 3.05) is 0 Å². The van der Waals surface area contributed by atoms with Gasteiger partial charge in [-0.15, -0.1) is 11.3 Å². The fourth-order valence-electron chi connectivity index (χ4n) is 0.750. The van der Waals surface area contributed by atoms with Gasteiger partial charge in [0.15, 0.2) is 0 Å². The zero-order valence-electron chi connectivity index (χ0n) is 5.77. The molecule has 0 saturated carbocycles. The molecule has 0 aromatic carbocycles. The average molecular weight is 141 g/mol. The number of nitrogens with two attached hydrogens (primary N) is 1. The van der Waals surface area contributed by atoms with Crippen LogP contribution in [0.1, 0.15) is 15.3 Å². The molecule has 0 spiro atoms. The second kappa shape index (κ2) is 2.50. The van der Waals surface area contributed by atoms with Crippen molar-refractivity contribution in [3.63, 3.8) is 0 Å². The topological polar surface area (TPSA) is 26.0 Å². The quantitative estimate of drug-likeness (QED) is 0.634. The fourth-order valence-corrected chi connectivity index (χ4v) is 1.68. The van der Waals surface area contributed by atoms with Crippen molar-refractivity contribution in [2.45, 2.75) is 20.4 Å². The molecule has 1 nitrogen and oxygen atoms in total. The molecule has 0 aliphatic rings. The van der Waals surface area contributed by atoms with Crippen molar-refractivity contribution in [1.29, 1.82) is 0 Å². The van der Waals surface area contributed by atoms with Crippen LogP contribution in [0.4, 0.5) is 0 Å². The number of thiophene rings is 1. The lowest BCUT2D eigenvalue weighted by molar-refractivity contribution is 1.10. The van der Waals surface area contributed by atoms with Gasteiger partial charge in [-0.05, 0) is 25.5 Å². The van der Waals surface area contributed by atoms with Crippen molar-refractivity contribution >= 4 is 11.3 Å². The molecule has 0 amide bonds. The summed E-state index contributed by atoms with van der Waals surface area (Å²) in [5, 5.41) is 0. The van der Waals surface area contributed by atoms with Crippen LogP contribution >= 0.6 is 11.3 Å². The molecule has 0 aliphatic heterocycles. The molecule has 1 heterocycles. The van der Waals surface area contributed by atoms with Crippen LogP contribution in [-0.4, -0.2) is 0 Å². The van der Waals surface area contributed by atoms with E-state index in [9.17, 15) is 0 Å². The zero-order valence-corrected chi connectivity index (χ0v) is 6.59. The minimum Gasteiger partial charge on any atom is -0.326 e. The number of hydrogen-bond acceptors (Lipinski definition) is 2. The fraction of sp³-hybridized carbons (Fsp3) is 0.429. The summed E-state index contributed by atoms with van der Waals surface area (Å²) in [6.45, 7) is 4.92. The van der Waals surface area contributed by atoms with Crippen molar-refractivity contribution < 1.29 is 0 Å². The second-order valence-electron chi connectivity index (χ2n) is 2.16. The Labute approximate surface area is 59.5 Å². The first kappa shape index (κ1) is 6.78. The first-order chi connectivity index (χ1) is 4.24. The van der Waals surface area contributed by atoms with Crippen LogP contribution in [0.3, 0.4) is 0 Å². The highest BCUT2D eigenvalue weighted by Gasteiger charge is 1.97. The molecular formula is C7H11NS. The first-order valence-corrected chi connectivity index (χ1v) is 3.81. The maximum atomic E-state index is 5.44. The van der Waals surface area contributed by atoms with Gasteiger partial charge in [0.05, 0.1) is 0 Å². The lowest BCUT2D eigenvalue weighted by atomic mass is 10.3. The van der Waals surface area contributed by atoms with Crippen LogP contribution < -0.4 is 5.73 Å². The maximum Gasteiger partial charge on any atom is 0.0273 e. The van der Waals surface area contributed by atoms with E-state index in [0.717, 1.165) is 0 Å². The summed E-state index contributed by atoms with van der Waals surface area (Å²) in [6.07, 6.45) is 0. The summed E-state index contributed by atoms with van der Waals surface area (Å²) < 4.78 is 0. The summed E-state index contributed by atoms with van der Waals surface area (Å²) in [5.74, 6) is 0. The zero-order chi connectivity index (χ0) is 6.85. The lowest BCUT2D eigenvalue weighted by Crippen LogP contribution is -1.91. The second-order valence-corrected chi connectivity index (χ2v) is 3.50. The van der Waals surface area contributed by atoms with Crippen LogP contribution in [0, 0.1) is 13.8 Å². The van der Waals surface area contributed by atoms with Gasteiger partial charge in [0.25, 0.3) is 0 Å². The van der Waals surface area contributed by atoms with Gasteiger partial charge in [0.1, 0.15) is 0 Å². The van der Waals surface area contributed by atoms with Crippen LogP contribution in [0.5, 0.6) is 0 Å². The highest BCUT2D eigenvalue weighted by atomic mass is 32.1. The number of aryl methyl sites for hydroxylation is 2. The summed E-state index contributed by atoms with van der Waals surface area (Å²) >= 11 is 1.79. The minimum atomic E-state index is 0.680. The SMILES string of the molecule is Cc1cc(CN)sc1C. The van der Waals surface area contributed by atoms with Crippen LogP contribution in [0.25, 0.3) is 0 Å². The van der Waals surface area contributed by atoms with Gasteiger partial charge in [-0.1, -0.05) is 0 Å². The summed E-state index contributed by atoms with van der Waals surface area (Å²) in [7, 11) is 0. The van der Waals surface area contributed by atoms with Gasteiger partial charge in [0, 0.05) is 16.3 Å². The molecule has 0 radical (unpaired) electrons. The van der Waals surface area contributed by atoms with Gasteiger partial charge in [-0.2, -0.15) is 0 Å². The number of hydrogen-bond donors (Lipinski definition) is 1. The van der Waals surface area contributed by atoms with E-state index in [4.69, 9.17) is 5.73 Å². The molecular weight excluding hydrogens is 130 g/mol. The first-order valence-electron chi connectivity index (χ1n) is 3.00. The van der Waals surface area contributed by atoms with Gasteiger partial charge >= 0.3 is 0 Å². The molecule has 2 heteroatoms. The van der Waals surface area contributed by atoms with Crippen molar-refractivity contribution in [1.82, 2.24) is 0 Å². The Morgan fingerprint density at radius 3 is 2.44 bits per heavy atom. The van der Waals surface area contributed by atoms with Gasteiger partial charge < -0.3 is 5.73 Å². The maximum absolute atomic E-state index is 5.44. The third-order valence-electron chi connectivity index (χ3n) is 1.42. The monoisotopic (exact) mass is 141 g/mol. The molecule has 1 aromatic heterocycles. The Morgan fingerprint density at radius 2 is 2.22 bits per heavy atom. The van der Waals surface area contributed by atoms with E-state index in [1.165, 1.54) is 15.3 Å². The molecule has 0 bridgehead atoms. The van der Waals surface area contributed by atoms with Crippen LogP contribution in [0.15, 0.2) is 6.07 Å². The molecule has 0 fully saturated rings. The van der Waals surface area contributed by atoms with Gasteiger partial charge in [-0.25, -0.2) is 0 Å². The normalized spacial score (nSPS) is 10.1. The van der Waals surface area contributed by atoms with Crippen LogP contribution in [-0.2, 0) is 6.54 Å². The molecule has 50 valence electrons. The standard InChI is InChI=1S/C7H11NS/c1-5-3-7(4-8)9-6(5)2/h3H,4,8H2,1-2H3. The highest BCUT2D eigenvalue weighted by molar-refractivity contribution is 7.12. The predicted molar refractivity (Wildman–Crippen MR) is 41.7 cm³/mol. The van der Waals surface area contributed by atoms with E-state index in [0.29, 0.717) is 6.54 Å². The van der Waals surface area contributed by atoms with E-state index >= 15 is 0 Å². The number of rotatable bonds is 1. The van der Waals surface area contributed by atoms with E-state index in [1.54, 1.807) is 11.3 Å². The minimum absolute atomic E-state index is 0.680. The van der Waals surface area contributed by atoms with E-state index < -0.39 is 0 Å². The van der Waals surface area contributed by atoms with E-state index in [1.807, 2.05) is 0 Å². The molecule has 0 atom stereocenters. The Hall–Kier alpha value is -0.340. The molecule has 9 heavy (non-hydrogen) atoms. The van der Waals surface area contributed by atoms with Crippen molar-refractivity contribution in [2.24, 2.45) is 5.73 Å². The molecule has 0 unspecified atom stereocenters. The molecule has 0 saturated heterocycles. The summed E-state index contributed by atoms with van der Waals surface area (Å²) in [5.41, 5.74) is 6.80.